The average molecular weight is 206 g/mol. The largest absolute Gasteiger partial charge is 0.0776 e. The Labute approximate surface area is 81.1 Å². The molecule has 0 fully saturated rings. The van der Waals surface area contributed by atoms with Crippen molar-refractivity contribution in [3.8, 4) is 0 Å². The van der Waals surface area contributed by atoms with Gasteiger partial charge < -0.3 is 0 Å². The van der Waals surface area contributed by atoms with Gasteiger partial charge >= 0.3 is 0 Å². The second kappa shape index (κ2) is 10.5. The Morgan fingerprint density at radius 2 is 1.36 bits per heavy atom. The summed E-state index contributed by atoms with van der Waals surface area (Å²) in [6.45, 7) is 4.29. The van der Waals surface area contributed by atoms with Crippen molar-refractivity contribution >= 4 is 31.4 Å². The van der Waals surface area contributed by atoms with E-state index in [1.54, 1.807) is 31.4 Å². The predicted octanol–water partition coefficient (Wildman–Crippen LogP) is 4.86. The van der Waals surface area contributed by atoms with Crippen LogP contribution in [-0.2, 0) is 0 Å². The van der Waals surface area contributed by atoms with Crippen LogP contribution in [0.25, 0.3) is 0 Å². The summed E-state index contributed by atoms with van der Waals surface area (Å²) in [6.07, 6.45) is 6.59. The van der Waals surface area contributed by atoms with Gasteiger partial charge in [0.05, 0.1) is 0 Å². The van der Waals surface area contributed by atoms with E-state index in [0.29, 0.717) is 0 Å². The first-order chi connectivity index (χ1) is 5.41. The van der Waals surface area contributed by atoms with Crippen molar-refractivity contribution in [1.29, 1.82) is 0 Å². The molecular formula is C8H14S3. The molecule has 0 radical (unpaired) electrons. The molecule has 0 aliphatic rings. The van der Waals surface area contributed by atoms with E-state index in [9.17, 15) is 0 Å². The highest BCUT2D eigenvalue weighted by Gasteiger charge is 1.80. The van der Waals surface area contributed by atoms with Crippen LogP contribution in [0.1, 0.15) is 26.7 Å². The first-order valence-electron chi connectivity index (χ1n) is 3.70. The number of allylic oxidation sites excluding steroid dienone is 2. The highest BCUT2D eigenvalue weighted by molar-refractivity contribution is 9.10. The molecule has 0 heterocycles. The summed E-state index contributed by atoms with van der Waals surface area (Å²) in [7, 11) is 5.35. The van der Waals surface area contributed by atoms with E-state index in [2.05, 4.69) is 36.8 Å². The lowest BCUT2D eigenvalue weighted by Gasteiger charge is -1.87. The molecule has 0 aliphatic heterocycles. The fourth-order valence-electron chi connectivity index (χ4n) is 0.339. The quantitative estimate of drug-likeness (QED) is 0.450. The Balaban J connectivity index is 3.02. The Bertz CT molecular complexity index is 105. The topological polar surface area (TPSA) is 0 Å². The standard InChI is InChI=1S/C8H14S3/c1-3-5-7-9-11-10-8-6-4-2/h5-8H,3-4H2,1-2H3. The van der Waals surface area contributed by atoms with E-state index in [1.807, 2.05) is 0 Å². The van der Waals surface area contributed by atoms with E-state index < -0.39 is 0 Å². The van der Waals surface area contributed by atoms with Crippen molar-refractivity contribution < 1.29 is 0 Å². The molecule has 64 valence electrons. The van der Waals surface area contributed by atoms with Gasteiger partial charge in [0.15, 0.2) is 0 Å². The summed E-state index contributed by atoms with van der Waals surface area (Å²) in [5.74, 6) is 0. The van der Waals surface area contributed by atoms with Crippen molar-refractivity contribution in [1.82, 2.24) is 0 Å². The minimum atomic E-state index is 1.13. The zero-order chi connectivity index (χ0) is 8.36. The Morgan fingerprint density at radius 3 is 1.73 bits per heavy atom. The first kappa shape index (κ1) is 11.5. The van der Waals surface area contributed by atoms with Gasteiger partial charge in [0.1, 0.15) is 0 Å². The van der Waals surface area contributed by atoms with Crippen molar-refractivity contribution in [2.45, 2.75) is 26.7 Å². The van der Waals surface area contributed by atoms with Gasteiger partial charge in [-0.25, -0.2) is 0 Å². The van der Waals surface area contributed by atoms with E-state index in [0.717, 1.165) is 12.8 Å². The van der Waals surface area contributed by atoms with Crippen molar-refractivity contribution in [3.63, 3.8) is 0 Å². The van der Waals surface area contributed by atoms with Gasteiger partial charge in [0.2, 0.25) is 0 Å². The molecule has 11 heavy (non-hydrogen) atoms. The first-order valence-corrected chi connectivity index (χ1v) is 7.31. The Hall–Kier alpha value is 0.530. The van der Waals surface area contributed by atoms with Crippen LogP contribution in [0.15, 0.2) is 23.0 Å². The molecule has 0 nitrogen and oxygen atoms in total. The molecule has 0 atom stereocenters. The monoisotopic (exact) mass is 206 g/mol. The van der Waals surface area contributed by atoms with E-state index >= 15 is 0 Å². The van der Waals surface area contributed by atoms with Gasteiger partial charge in [-0.05, 0) is 33.5 Å². The molecule has 0 saturated carbocycles. The van der Waals surface area contributed by atoms with Gasteiger partial charge in [0, 0.05) is 0 Å². The number of hydrogen-bond donors (Lipinski definition) is 0. The molecule has 0 unspecified atom stereocenters. The van der Waals surface area contributed by atoms with E-state index in [1.165, 1.54) is 0 Å². The zero-order valence-corrected chi connectivity index (χ0v) is 9.40. The van der Waals surface area contributed by atoms with Crippen LogP contribution in [-0.4, -0.2) is 0 Å². The summed E-state index contributed by atoms with van der Waals surface area (Å²) >= 11 is 0. The SMILES string of the molecule is CCC=CSSSC=CCC. The molecule has 0 aromatic heterocycles. The highest BCUT2D eigenvalue weighted by atomic mass is 33.5. The number of rotatable bonds is 6. The smallest absolute Gasteiger partial charge is 0.0158 e. The summed E-state index contributed by atoms with van der Waals surface area (Å²) in [6, 6.07) is 0. The van der Waals surface area contributed by atoms with Gasteiger partial charge in [-0.1, -0.05) is 47.6 Å². The lowest BCUT2D eigenvalue weighted by atomic mass is 10.5. The molecule has 0 saturated heterocycles. The van der Waals surface area contributed by atoms with Crippen molar-refractivity contribution in [3.05, 3.63) is 23.0 Å². The minimum absolute atomic E-state index is 1.13. The molecule has 0 spiro atoms. The molecule has 0 N–H and O–H groups in total. The third-order valence-electron chi connectivity index (χ3n) is 0.854. The van der Waals surface area contributed by atoms with Crippen LogP contribution < -0.4 is 0 Å². The molecule has 0 aliphatic carbocycles. The van der Waals surface area contributed by atoms with Gasteiger partial charge in [0.25, 0.3) is 0 Å². The summed E-state index contributed by atoms with van der Waals surface area (Å²) in [5, 5.41) is 4.27. The fraction of sp³-hybridized carbons (Fsp3) is 0.500. The molecule has 0 rings (SSSR count). The highest BCUT2D eigenvalue weighted by Crippen LogP contribution is 2.36. The van der Waals surface area contributed by atoms with Crippen LogP contribution >= 0.6 is 31.4 Å². The molecule has 0 bridgehead atoms. The zero-order valence-electron chi connectivity index (χ0n) is 6.95. The van der Waals surface area contributed by atoms with Crippen LogP contribution in [0.3, 0.4) is 0 Å². The lowest BCUT2D eigenvalue weighted by Crippen LogP contribution is -1.48. The molecule has 0 aromatic rings. The molecular weight excluding hydrogens is 192 g/mol. The molecule has 0 amide bonds. The predicted molar refractivity (Wildman–Crippen MR) is 61.6 cm³/mol. The van der Waals surface area contributed by atoms with Crippen LogP contribution in [0.5, 0.6) is 0 Å². The second-order valence-corrected chi connectivity index (χ2v) is 5.67. The maximum Gasteiger partial charge on any atom is -0.0158 e. The maximum absolute atomic E-state index is 2.17. The molecule has 3 heteroatoms. The van der Waals surface area contributed by atoms with Crippen LogP contribution in [0, 0.1) is 0 Å². The third-order valence-corrected chi connectivity index (χ3v) is 4.17. The van der Waals surface area contributed by atoms with E-state index in [4.69, 9.17) is 0 Å². The van der Waals surface area contributed by atoms with Crippen molar-refractivity contribution in [2.24, 2.45) is 0 Å². The van der Waals surface area contributed by atoms with Gasteiger partial charge in [-0.2, -0.15) is 0 Å². The Morgan fingerprint density at radius 1 is 0.909 bits per heavy atom. The second-order valence-electron chi connectivity index (χ2n) is 1.82. The average Bonchev–Trinajstić information content (AvgIpc) is 2.03. The summed E-state index contributed by atoms with van der Waals surface area (Å²) < 4.78 is 0. The lowest BCUT2D eigenvalue weighted by molar-refractivity contribution is 1.23. The Kier molecular flexibility index (Phi) is 11.0. The summed E-state index contributed by atoms with van der Waals surface area (Å²) in [4.78, 5) is 0. The van der Waals surface area contributed by atoms with Gasteiger partial charge in [-0.3, -0.25) is 0 Å². The third kappa shape index (κ3) is 10.5. The minimum Gasteiger partial charge on any atom is -0.0776 e. The molecule has 0 aromatic carbocycles. The van der Waals surface area contributed by atoms with Gasteiger partial charge in [-0.15, -0.1) is 0 Å². The van der Waals surface area contributed by atoms with Crippen molar-refractivity contribution in [2.75, 3.05) is 0 Å². The van der Waals surface area contributed by atoms with Crippen LogP contribution in [0.2, 0.25) is 0 Å². The fourth-order valence-corrected chi connectivity index (χ4v) is 3.12. The van der Waals surface area contributed by atoms with Crippen LogP contribution in [0.4, 0.5) is 0 Å². The normalized spacial score (nSPS) is 11.8. The number of hydrogen-bond acceptors (Lipinski definition) is 3. The summed E-state index contributed by atoms with van der Waals surface area (Å²) in [5.41, 5.74) is 0. The van der Waals surface area contributed by atoms with E-state index in [-0.39, 0.29) is 0 Å². The maximum atomic E-state index is 2.17.